The number of para-hydroxylation sites is 1. The molecule has 5 rings (SSSR count). The van der Waals surface area contributed by atoms with Gasteiger partial charge in [-0.1, -0.05) is 34.8 Å². The van der Waals surface area contributed by atoms with Crippen molar-refractivity contribution in [3.05, 3.63) is 41.5 Å². The third-order valence-electron chi connectivity index (χ3n) is 5.30. The summed E-state index contributed by atoms with van der Waals surface area (Å²) < 4.78 is 8.25. The molecule has 7 heteroatoms. The highest BCUT2D eigenvalue weighted by Gasteiger charge is 2.23. The van der Waals surface area contributed by atoms with Crippen molar-refractivity contribution in [3.63, 3.8) is 0 Å². The maximum Gasteiger partial charge on any atom is 0.186 e. The van der Waals surface area contributed by atoms with Gasteiger partial charge in [0.05, 0.1) is 21.5 Å². The highest BCUT2D eigenvalue weighted by Crippen LogP contribution is 2.36. The molecule has 0 bridgehead atoms. The van der Waals surface area contributed by atoms with Crippen LogP contribution in [0, 0.1) is 13.8 Å². The first-order chi connectivity index (χ1) is 14.1. The molecule has 1 aliphatic heterocycles. The van der Waals surface area contributed by atoms with Gasteiger partial charge in [-0.15, -0.1) is 0 Å². The summed E-state index contributed by atoms with van der Waals surface area (Å²) in [7, 11) is 0. The van der Waals surface area contributed by atoms with Gasteiger partial charge in [-0.05, 0) is 50.1 Å². The number of hydrogen-bond donors (Lipinski definition) is 0. The number of ether oxygens (including phenoxy) is 1. The highest BCUT2D eigenvalue weighted by molar-refractivity contribution is 7.22. The molecule has 0 N–H and O–H groups in total. The second-order valence-electron chi connectivity index (χ2n) is 7.43. The maximum atomic E-state index is 5.75. The molecule has 2 aromatic heterocycles. The van der Waals surface area contributed by atoms with E-state index in [9.17, 15) is 0 Å². The fourth-order valence-electron chi connectivity index (χ4n) is 3.91. The maximum absolute atomic E-state index is 5.75. The van der Waals surface area contributed by atoms with Gasteiger partial charge < -0.3 is 14.5 Å². The number of hydrogen-bond acceptors (Lipinski definition) is 7. The van der Waals surface area contributed by atoms with Gasteiger partial charge >= 0.3 is 0 Å². The molecule has 0 spiro atoms. The van der Waals surface area contributed by atoms with E-state index < -0.39 is 0 Å². The highest BCUT2D eigenvalue weighted by atomic mass is 32.1. The first-order valence-corrected chi connectivity index (χ1v) is 11.7. The first kappa shape index (κ1) is 18.6. The summed E-state index contributed by atoms with van der Waals surface area (Å²) in [6.45, 7) is 10.8. The molecule has 29 heavy (non-hydrogen) atoms. The third-order valence-corrected chi connectivity index (χ3v) is 7.65. The Bertz CT molecular complexity index is 1170. The molecule has 0 atom stereocenters. The zero-order chi connectivity index (χ0) is 20.0. The lowest BCUT2D eigenvalue weighted by Crippen LogP contribution is -2.46. The van der Waals surface area contributed by atoms with Gasteiger partial charge in [0.2, 0.25) is 0 Å². The molecule has 5 nitrogen and oxygen atoms in total. The Kier molecular flexibility index (Phi) is 4.80. The summed E-state index contributed by atoms with van der Waals surface area (Å²) in [5, 5.41) is 2.22. The van der Waals surface area contributed by atoms with Gasteiger partial charge in [0.15, 0.2) is 10.3 Å². The van der Waals surface area contributed by atoms with E-state index in [4.69, 9.17) is 14.7 Å². The van der Waals surface area contributed by atoms with Gasteiger partial charge in [0.25, 0.3) is 0 Å². The number of aryl methyl sites for hydroxylation is 2. The third kappa shape index (κ3) is 3.42. The predicted molar refractivity (Wildman–Crippen MR) is 124 cm³/mol. The van der Waals surface area contributed by atoms with Crippen LogP contribution in [0.3, 0.4) is 0 Å². The summed E-state index contributed by atoms with van der Waals surface area (Å²) >= 11 is 3.57. The summed E-state index contributed by atoms with van der Waals surface area (Å²) in [5.74, 6) is 0.881. The standard InChI is InChI=1S/C22H24N4OS2/c1-4-27-17-6-5-7-18-19(17)24-22(28-18)26-10-8-25(9-11-26)21-23-16-13-14(2)12-15(3)20(16)29-21/h5-7,12-13H,4,8-11H2,1-3H3. The van der Waals surface area contributed by atoms with E-state index >= 15 is 0 Å². The van der Waals surface area contributed by atoms with Gasteiger partial charge in [-0.2, -0.15) is 0 Å². The smallest absolute Gasteiger partial charge is 0.186 e. The number of fused-ring (bicyclic) bond motifs is 2. The first-order valence-electron chi connectivity index (χ1n) is 10.0. The molecule has 0 unspecified atom stereocenters. The number of thiazole rings is 2. The minimum absolute atomic E-state index is 0.659. The Morgan fingerprint density at radius 3 is 2.41 bits per heavy atom. The SMILES string of the molecule is CCOc1cccc2sc(N3CCN(c4nc5cc(C)cc(C)c5s4)CC3)nc12. The molecule has 1 aliphatic rings. The predicted octanol–water partition coefficient (Wildman–Crippen LogP) is 5.25. The Balaban J connectivity index is 1.35. The average Bonchev–Trinajstić information content (AvgIpc) is 3.33. The number of aromatic nitrogens is 2. The molecular formula is C22H24N4OS2. The van der Waals surface area contributed by atoms with Crippen LogP contribution in [-0.4, -0.2) is 42.8 Å². The van der Waals surface area contributed by atoms with E-state index in [1.165, 1.54) is 20.5 Å². The summed E-state index contributed by atoms with van der Waals surface area (Å²) in [6, 6.07) is 10.6. The van der Waals surface area contributed by atoms with Crippen LogP contribution in [0.5, 0.6) is 5.75 Å². The Labute approximate surface area is 178 Å². The van der Waals surface area contributed by atoms with Crippen molar-refractivity contribution in [2.45, 2.75) is 20.8 Å². The molecule has 0 amide bonds. The lowest BCUT2D eigenvalue weighted by Gasteiger charge is -2.34. The molecule has 3 heterocycles. The van der Waals surface area contributed by atoms with Crippen LogP contribution in [-0.2, 0) is 0 Å². The van der Waals surface area contributed by atoms with Crippen LogP contribution in [0.1, 0.15) is 18.1 Å². The van der Waals surface area contributed by atoms with Crippen LogP contribution in [0.2, 0.25) is 0 Å². The van der Waals surface area contributed by atoms with Crippen molar-refractivity contribution in [2.24, 2.45) is 0 Å². The molecule has 0 saturated carbocycles. The van der Waals surface area contributed by atoms with E-state index in [-0.39, 0.29) is 0 Å². The molecule has 0 aliphatic carbocycles. The average molecular weight is 425 g/mol. The zero-order valence-electron chi connectivity index (χ0n) is 16.9. The van der Waals surface area contributed by atoms with Crippen LogP contribution in [0.15, 0.2) is 30.3 Å². The number of nitrogens with zero attached hydrogens (tertiary/aromatic N) is 4. The van der Waals surface area contributed by atoms with E-state index in [0.29, 0.717) is 6.61 Å². The topological polar surface area (TPSA) is 41.5 Å². The number of rotatable bonds is 4. The number of piperazine rings is 1. The molecule has 0 radical (unpaired) electrons. The van der Waals surface area contributed by atoms with E-state index in [1.807, 2.05) is 30.4 Å². The van der Waals surface area contributed by atoms with Gasteiger partial charge in [-0.3, -0.25) is 0 Å². The van der Waals surface area contributed by atoms with Crippen LogP contribution in [0.25, 0.3) is 20.4 Å². The largest absolute Gasteiger partial charge is 0.492 e. The van der Waals surface area contributed by atoms with E-state index in [2.05, 4.69) is 41.8 Å². The fraction of sp³-hybridized carbons (Fsp3) is 0.364. The minimum atomic E-state index is 0.659. The number of benzene rings is 2. The second kappa shape index (κ2) is 7.46. The van der Waals surface area contributed by atoms with Gasteiger partial charge in [0.1, 0.15) is 11.3 Å². The van der Waals surface area contributed by atoms with Gasteiger partial charge in [-0.25, -0.2) is 9.97 Å². The van der Waals surface area contributed by atoms with E-state index in [0.717, 1.165) is 53.2 Å². The molecule has 150 valence electrons. The Hall–Kier alpha value is -2.38. The van der Waals surface area contributed by atoms with Crippen molar-refractivity contribution in [1.82, 2.24) is 9.97 Å². The van der Waals surface area contributed by atoms with Crippen LogP contribution < -0.4 is 14.5 Å². The summed E-state index contributed by atoms with van der Waals surface area (Å²) in [5.41, 5.74) is 4.70. The van der Waals surface area contributed by atoms with E-state index in [1.54, 1.807) is 11.3 Å². The summed E-state index contributed by atoms with van der Waals surface area (Å²) in [6.07, 6.45) is 0. The summed E-state index contributed by atoms with van der Waals surface area (Å²) in [4.78, 5) is 14.6. The molecule has 1 fully saturated rings. The quantitative estimate of drug-likeness (QED) is 0.448. The Morgan fingerprint density at radius 2 is 1.69 bits per heavy atom. The van der Waals surface area contributed by atoms with Crippen molar-refractivity contribution >= 4 is 53.4 Å². The molecule has 2 aromatic carbocycles. The Morgan fingerprint density at radius 1 is 0.966 bits per heavy atom. The van der Waals surface area contributed by atoms with Crippen molar-refractivity contribution < 1.29 is 4.74 Å². The minimum Gasteiger partial charge on any atom is -0.492 e. The molecular weight excluding hydrogens is 400 g/mol. The monoisotopic (exact) mass is 424 g/mol. The molecule has 1 saturated heterocycles. The second-order valence-corrected chi connectivity index (χ2v) is 9.42. The zero-order valence-corrected chi connectivity index (χ0v) is 18.6. The van der Waals surface area contributed by atoms with Crippen molar-refractivity contribution in [2.75, 3.05) is 42.6 Å². The lowest BCUT2D eigenvalue weighted by atomic mass is 10.1. The molecule has 4 aromatic rings. The van der Waals surface area contributed by atoms with Gasteiger partial charge in [0, 0.05) is 26.2 Å². The van der Waals surface area contributed by atoms with Crippen LogP contribution >= 0.6 is 22.7 Å². The van der Waals surface area contributed by atoms with Crippen LogP contribution in [0.4, 0.5) is 10.3 Å². The van der Waals surface area contributed by atoms with Crippen molar-refractivity contribution in [1.29, 1.82) is 0 Å². The fourth-order valence-corrected chi connectivity index (χ4v) is 6.01. The lowest BCUT2D eigenvalue weighted by molar-refractivity contribution is 0.344. The number of anilines is 2. The normalized spacial score (nSPS) is 14.9. The van der Waals surface area contributed by atoms with Crippen molar-refractivity contribution in [3.8, 4) is 5.75 Å².